The number of nitrogens with one attached hydrogen (secondary N) is 1. The zero-order chi connectivity index (χ0) is 13.1. The van der Waals surface area contributed by atoms with Crippen molar-refractivity contribution in [1.29, 1.82) is 0 Å². The van der Waals surface area contributed by atoms with Crippen LogP contribution < -0.4 is 5.32 Å². The summed E-state index contributed by atoms with van der Waals surface area (Å²) >= 11 is 5.94. The van der Waals surface area contributed by atoms with Crippen LogP contribution in [0.25, 0.3) is 0 Å². The summed E-state index contributed by atoms with van der Waals surface area (Å²) in [5, 5.41) is 19.5. The van der Waals surface area contributed by atoms with Crippen molar-refractivity contribution in [3.05, 3.63) is 35.0 Å². The number of halogens is 1. The highest BCUT2D eigenvalue weighted by molar-refractivity contribution is 6.35. The Balaban J connectivity index is 2.17. The molecule has 2 aromatic heterocycles. The zero-order valence-corrected chi connectivity index (χ0v) is 10.2. The van der Waals surface area contributed by atoms with Gasteiger partial charge in [0.05, 0.1) is 17.1 Å². The lowest BCUT2D eigenvalue weighted by Gasteiger charge is -2.08. The second-order valence-electron chi connectivity index (χ2n) is 3.54. The Morgan fingerprint density at radius 2 is 2.39 bits per heavy atom. The first-order valence-corrected chi connectivity index (χ1v) is 5.42. The van der Waals surface area contributed by atoms with Crippen LogP contribution in [0, 0.1) is 0 Å². The number of carboxylic acids is 1. The quantitative estimate of drug-likeness (QED) is 0.864. The molecule has 2 N–H and O–H groups in total. The molecule has 0 saturated carbocycles. The van der Waals surface area contributed by atoms with E-state index in [1.54, 1.807) is 17.9 Å². The molecule has 0 amide bonds. The second kappa shape index (κ2) is 5.01. The number of carboxylic acid groups (broad SMARTS) is 1. The molecule has 18 heavy (non-hydrogen) atoms. The minimum absolute atomic E-state index is 0.00660. The van der Waals surface area contributed by atoms with Crippen molar-refractivity contribution in [2.45, 2.75) is 6.54 Å². The second-order valence-corrected chi connectivity index (χ2v) is 3.92. The molecule has 0 atom stereocenters. The lowest BCUT2D eigenvalue weighted by atomic mass is 10.2. The van der Waals surface area contributed by atoms with Crippen LogP contribution in [-0.4, -0.2) is 30.8 Å². The molecule has 2 aromatic rings. The number of anilines is 1. The molecule has 0 unspecified atom stereocenters. The number of pyridine rings is 1. The van der Waals surface area contributed by atoms with E-state index in [1.807, 2.05) is 0 Å². The smallest absolute Gasteiger partial charge is 0.337 e. The van der Waals surface area contributed by atoms with Gasteiger partial charge in [0.1, 0.15) is 12.1 Å². The van der Waals surface area contributed by atoms with Gasteiger partial charge in [-0.2, -0.15) is 0 Å². The van der Waals surface area contributed by atoms with Crippen LogP contribution in [0.15, 0.2) is 18.6 Å². The molecule has 0 spiro atoms. The maximum atomic E-state index is 10.9. The fourth-order valence-electron chi connectivity index (χ4n) is 1.36. The van der Waals surface area contributed by atoms with Crippen LogP contribution in [0.2, 0.25) is 5.02 Å². The highest BCUT2D eigenvalue weighted by Crippen LogP contribution is 2.23. The summed E-state index contributed by atoms with van der Waals surface area (Å²) in [6.45, 7) is 0.353. The molecule has 2 heterocycles. The molecule has 0 fully saturated rings. The Morgan fingerprint density at radius 3 is 3.00 bits per heavy atom. The average molecular weight is 268 g/mol. The molecule has 8 heteroatoms. The van der Waals surface area contributed by atoms with Crippen molar-refractivity contribution in [3.63, 3.8) is 0 Å². The highest BCUT2D eigenvalue weighted by Gasteiger charge is 2.13. The molecule has 0 saturated heterocycles. The van der Waals surface area contributed by atoms with Crippen molar-refractivity contribution in [2.24, 2.45) is 7.05 Å². The van der Waals surface area contributed by atoms with Crippen LogP contribution in [0.5, 0.6) is 0 Å². The third-order valence-electron chi connectivity index (χ3n) is 2.34. The van der Waals surface area contributed by atoms with Gasteiger partial charge in [-0.25, -0.2) is 9.78 Å². The van der Waals surface area contributed by atoms with Gasteiger partial charge in [-0.3, -0.25) is 0 Å². The molecule has 0 aromatic carbocycles. The minimum atomic E-state index is -1.09. The van der Waals surface area contributed by atoms with E-state index in [0.717, 1.165) is 0 Å². The summed E-state index contributed by atoms with van der Waals surface area (Å²) in [4.78, 5) is 14.9. The Bertz CT molecular complexity index is 583. The van der Waals surface area contributed by atoms with Gasteiger partial charge in [0.15, 0.2) is 5.82 Å². The maximum absolute atomic E-state index is 10.9. The fraction of sp³-hybridized carbons (Fsp3) is 0.200. The van der Waals surface area contributed by atoms with Gasteiger partial charge >= 0.3 is 5.97 Å². The molecule has 0 aliphatic heterocycles. The van der Waals surface area contributed by atoms with Crippen LogP contribution in [-0.2, 0) is 13.6 Å². The molecule has 0 radical (unpaired) electrons. The third kappa shape index (κ3) is 2.40. The summed E-state index contributed by atoms with van der Waals surface area (Å²) in [6, 6.07) is 1.35. The predicted molar refractivity (Wildman–Crippen MR) is 64.5 cm³/mol. The Morgan fingerprint density at radius 1 is 1.61 bits per heavy atom. The van der Waals surface area contributed by atoms with E-state index in [1.165, 1.54) is 12.3 Å². The molecule has 94 valence electrons. The molecular formula is C10H10ClN5O2. The van der Waals surface area contributed by atoms with Gasteiger partial charge in [0.25, 0.3) is 0 Å². The van der Waals surface area contributed by atoms with E-state index in [2.05, 4.69) is 20.5 Å². The number of hydrogen-bond acceptors (Lipinski definition) is 5. The van der Waals surface area contributed by atoms with E-state index >= 15 is 0 Å². The number of nitrogens with zero attached hydrogens (tertiary/aromatic N) is 4. The first-order chi connectivity index (χ1) is 8.59. The average Bonchev–Trinajstić information content (AvgIpc) is 2.73. The number of aromatic nitrogens is 4. The van der Waals surface area contributed by atoms with Crippen molar-refractivity contribution in [2.75, 3.05) is 5.32 Å². The van der Waals surface area contributed by atoms with Crippen LogP contribution >= 0.6 is 11.6 Å². The monoisotopic (exact) mass is 267 g/mol. The summed E-state index contributed by atoms with van der Waals surface area (Å²) < 4.78 is 1.74. The molecule has 0 aliphatic carbocycles. The highest BCUT2D eigenvalue weighted by atomic mass is 35.5. The number of hydrogen-bond donors (Lipinski definition) is 2. The summed E-state index contributed by atoms with van der Waals surface area (Å²) in [6.07, 6.45) is 2.95. The fourth-order valence-corrected chi connectivity index (χ4v) is 1.62. The standard InChI is InChI=1S/C10H10ClN5O2/c1-16-5-14-15-7(16)4-13-9-8(11)6(10(17)18)2-3-12-9/h2-3,5H,4H2,1H3,(H,12,13)(H,17,18). The van der Waals surface area contributed by atoms with E-state index in [9.17, 15) is 4.79 Å². The van der Waals surface area contributed by atoms with Crippen LogP contribution in [0.4, 0.5) is 5.82 Å². The minimum Gasteiger partial charge on any atom is -0.478 e. The van der Waals surface area contributed by atoms with E-state index in [-0.39, 0.29) is 10.6 Å². The Hall–Kier alpha value is -2.15. The molecule has 7 nitrogen and oxygen atoms in total. The van der Waals surface area contributed by atoms with E-state index in [4.69, 9.17) is 16.7 Å². The summed E-state index contributed by atoms with van der Waals surface area (Å²) in [5.41, 5.74) is 0.00660. The van der Waals surface area contributed by atoms with E-state index < -0.39 is 5.97 Å². The Kier molecular flexibility index (Phi) is 3.42. The van der Waals surface area contributed by atoms with Gasteiger partial charge < -0.3 is 15.0 Å². The van der Waals surface area contributed by atoms with Gasteiger partial charge in [-0.05, 0) is 6.07 Å². The lowest BCUT2D eigenvalue weighted by Crippen LogP contribution is -2.09. The van der Waals surface area contributed by atoms with Crippen molar-refractivity contribution in [1.82, 2.24) is 19.7 Å². The van der Waals surface area contributed by atoms with Gasteiger partial charge in [-0.15, -0.1) is 10.2 Å². The lowest BCUT2D eigenvalue weighted by molar-refractivity contribution is 0.0697. The van der Waals surface area contributed by atoms with Crippen LogP contribution in [0.3, 0.4) is 0 Å². The zero-order valence-electron chi connectivity index (χ0n) is 9.46. The number of aryl methyl sites for hydroxylation is 1. The SMILES string of the molecule is Cn1cnnc1CNc1nccc(C(=O)O)c1Cl. The number of aromatic carboxylic acids is 1. The molecule has 2 rings (SSSR count). The first-order valence-electron chi connectivity index (χ1n) is 5.04. The van der Waals surface area contributed by atoms with Gasteiger partial charge in [0.2, 0.25) is 0 Å². The molecule has 0 aliphatic rings. The van der Waals surface area contributed by atoms with E-state index in [0.29, 0.717) is 18.2 Å². The van der Waals surface area contributed by atoms with Gasteiger partial charge in [0, 0.05) is 13.2 Å². The normalized spacial score (nSPS) is 10.3. The van der Waals surface area contributed by atoms with Gasteiger partial charge in [-0.1, -0.05) is 11.6 Å². The summed E-state index contributed by atoms with van der Waals surface area (Å²) in [5.74, 6) is -0.0998. The molecular weight excluding hydrogens is 258 g/mol. The largest absolute Gasteiger partial charge is 0.478 e. The third-order valence-corrected chi connectivity index (χ3v) is 2.72. The van der Waals surface area contributed by atoms with Crippen molar-refractivity contribution < 1.29 is 9.90 Å². The number of rotatable bonds is 4. The number of carbonyl (C=O) groups is 1. The summed E-state index contributed by atoms with van der Waals surface area (Å²) in [7, 11) is 1.81. The Labute approximate surface area is 107 Å². The van der Waals surface area contributed by atoms with Crippen LogP contribution in [0.1, 0.15) is 16.2 Å². The van der Waals surface area contributed by atoms with Crippen molar-refractivity contribution >= 4 is 23.4 Å². The maximum Gasteiger partial charge on any atom is 0.337 e. The topological polar surface area (TPSA) is 92.9 Å². The van der Waals surface area contributed by atoms with Crippen molar-refractivity contribution in [3.8, 4) is 0 Å². The first kappa shape index (κ1) is 12.3. The predicted octanol–water partition coefficient (Wildman–Crippen LogP) is 1.17. The molecule has 0 bridgehead atoms.